The summed E-state index contributed by atoms with van der Waals surface area (Å²) >= 11 is 0. The molecule has 1 saturated carbocycles. The molecule has 7 heteroatoms. The standard InChI is InChI=1S/C13H22N2O5/c1-8-3-2-4-9(5-8)7-14-13(20)15-10(12(18)19)6-11(16)17/h8-10H,2-7H2,1H3,(H,16,17)(H,18,19)(H2,14,15,20)/t8?,9?,10-/m0/s1. The Bertz CT molecular complexity index is 372. The summed E-state index contributed by atoms with van der Waals surface area (Å²) in [4.78, 5) is 32.9. The number of rotatable bonds is 6. The second kappa shape index (κ2) is 7.72. The Labute approximate surface area is 117 Å². The molecule has 3 atom stereocenters. The first kappa shape index (κ1) is 16.3. The lowest BCUT2D eigenvalue weighted by molar-refractivity contribution is -0.145. The third-order valence-electron chi connectivity index (χ3n) is 3.58. The minimum absolute atomic E-state index is 0.409. The number of carboxylic acid groups (broad SMARTS) is 2. The molecule has 0 spiro atoms. The van der Waals surface area contributed by atoms with Gasteiger partial charge in [-0.25, -0.2) is 9.59 Å². The van der Waals surface area contributed by atoms with Crippen LogP contribution in [0.5, 0.6) is 0 Å². The largest absolute Gasteiger partial charge is 0.481 e. The zero-order valence-corrected chi connectivity index (χ0v) is 11.6. The average molecular weight is 286 g/mol. The van der Waals surface area contributed by atoms with Gasteiger partial charge in [0.25, 0.3) is 0 Å². The number of amides is 2. The minimum atomic E-state index is -1.40. The number of aliphatic carboxylic acids is 2. The van der Waals surface area contributed by atoms with Gasteiger partial charge in [0, 0.05) is 6.54 Å². The van der Waals surface area contributed by atoms with Gasteiger partial charge in [-0.1, -0.05) is 19.8 Å². The van der Waals surface area contributed by atoms with Crippen molar-refractivity contribution in [2.75, 3.05) is 6.54 Å². The molecule has 0 aliphatic heterocycles. The van der Waals surface area contributed by atoms with E-state index in [0.717, 1.165) is 19.3 Å². The summed E-state index contributed by atoms with van der Waals surface area (Å²) < 4.78 is 0. The van der Waals surface area contributed by atoms with Crippen molar-refractivity contribution in [3.05, 3.63) is 0 Å². The Hall–Kier alpha value is -1.79. The van der Waals surface area contributed by atoms with Crippen molar-refractivity contribution in [2.24, 2.45) is 11.8 Å². The second-order valence-corrected chi connectivity index (χ2v) is 5.48. The van der Waals surface area contributed by atoms with E-state index in [0.29, 0.717) is 18.4 Å². The van der Waals surface area contributed by atoms with Crippen LogP contribution in [0.3, 0.4) is 0 Å². The van der Waals surface area contributed by atoms with Gasteiger partial charge in [-0.3, -0.25) is 4.79 Å². The minimum Gasteiger partial charge on any atom is -0.481 e. The SMILES string of the molecule is CC1CCCC(CNC(=O)N[C@@H](CC(=O)O)C(=O)O)C1. The maximum atomic E-state index is 11.6. The van der Waals surface area contributed by atoms with Crippen LogP contribution < -0.4 is 10.6 Å². The maximum Gasteiger partial charge on any atom is 0.326 e. The number of carbonyl (C=O) groups excluding carboxylic acids is 1. The summed E-state index contributed by atoms with van der Waals surface area (Å²) in [7, 11) is 0. The fourth-order valence-corrected chi connectivity index (χ4v) is 2.57. The van der Waals surface area contributed by atoms with Crippen LogP contribution in [0, 0.1) is 11.8 Å². The van der Waals surface area contributed by atoms with Crippen LogP contribution in [0.25, 0.3) is 0 Å². The monoisotopic (exact) mass is 286 g/mol. The van der Waals surface area contributed by atoms with Crippen molar-refractivity contribution in [2.45, 2.75) is 45.1 Å². The van der Waals surface area contributed by atoms with Gasteiger partial charge in [0.15, 0.2) is 0 Å². The van der Waals surface area contributed by atoms with Crippen LogP contribution in [0.15, 0.2) is 0 Å². The molecule has 2 unspecified atom stereocenters. The zero-order chi connectivity index (χ0) is 15.1. The fourth-order valence-electron chi connectivity index (χ4n) is 2.57. The number of nitrogens with one attached hydrogen (secondary N) is 2. The highest BCUT2D eigenvalue weighted by Gasteiger charge is 2.24. The third kappa shape index (κ3) is 5.90. The van der Waals surface area contributed by atoms with Crippen molar-refractivity contribution in [3.8, 4) is 0 Å². The first-order valence-electron chi connectivity index (χ1n) is 6.87. The molecule has 1 aliphatic carbocycles. The Kier molecular flexibility index (Phi) is 6.27. The molecule has 2 amide bonds. The van der Waals surface area contributed by atoms with Crippen LogP contribution in [-0.4, -0.2) is 40.8 Å². The van der Waals surface area contributed by atoms with E-state index in [1.165, 1.54) is 6.42 Å². The molecule has 1 fully saturated rings. The predicted octanol–water partition coefficient (Wildman–Crippen LogP) is 1.04. The smallest absolute Gasteiger partial charge is 0.326 e. The van der Waals surface area contributed by atoms with E-state index < -0.39 is 30.4 Å². The van der Waals surface area contributed by atoms with Gasteiger partial charge in [-0.05, 0) is 24.7 Å². The maximum absolute atomic E-state index is 11.6. The second-order valence-electron chi connectivity index (χ2n) is 5.48. The molecule has 0 radical (unpaired) electrons. The quantitative estimate of drug-likeness (QED) is 0.582. The molecule has 114 valence electrons. The van der Waals surface area contributed by atoms with Crippen LogP contribution in [0.1, 0.15) is 39.0 Å². The van der Waals surface area contributed by atoms with E-state index in [1.54, 1.807) is 0 Å². The van der Waals surface area contributed by atoms with Crippen molar-refractivity contribution in [3.63, 3.8) is 0 Å². The van der Waals surface area contributed by atoms with Crippen LogP contribution in [-0.2, 0) is 9.59 Å². The van der Waals surface area contributed by atoms with Gasteiger partial charge in [0.2, 0.25) is 0 Å². The summed E-state index contributed by atoms with van der Waals surface area (Å²) in [6.45, 7) is 2.68. The van der Waals surface area contributed by atoms with E-state index in [-0.39, 0.29) is 0 Å². The molecular weight excluding hydrogens is 264 g/mol. The predicted molar refractivity (Wildman–Crippen MR) is 71.3 cm³/mol. The molecule has 0 saturated heterocycles. The van der Waals surface area contributed by atoms with Gasteiger partial charge in [0.05, 0.1) is 6.42 Å². The average Bonchev–Trinajstić information content (AvgIpc) is 2.35. The van der Waals surface area contributed by atoms with Gasteiger partial charge < -0.3 is 20.8 Å². The number of urea groups is 1. The van der Waals surface area contributed by atoms with Crippen molar-refractivity contribution in [1.82, 2.24) is 10.6 Å². The van der Waals surface area contributed by atoms with Crippen molar-refractivity contribution in [1.29, 1.82) is 0 Å². The number of hydrogen-bond acceptors (Lipinski definition) is 3. The zero-order valence-electron chi connectivity index (χ0n) is 11.6. The topological polar surface area (TPSA) is 116 Å². The number of hydrogen-bond donors (Lipinski definition) is 4. The molecule has 0 aromatic rings. The van der Waals surface area contributed by atoms with Gasteiger partial charge in [0.1, 0.15) is 6.04 Å². The highest BCUT2D eigenvalue weighted by Crippen LogP contribution is 2.27. The van der Waals surface area contributed by atoms with Gasteiger partial charge in [-0.15, -0.1) is 0 Å². The van der Waals surface area contributed by atoms with Gasteiger partial charge >= 0.3 is 18.0 Å². The highest BCUT2D eigenvalue weighted by atomic mass is 16.4. The highest BCUT2D eigenvalue weighted by molar-refractivity contribution is 5.86. The van der Waals surface area contributed by atoms with Crippen LogP contribution in [0.2, 0.25) is 0 Å². The normalized spacial score (nSPS) is 23.6. The third-order valence-corrected chi connectivity index (χ3v) is 3.58. The molecule has 0 aromatic carbocycles. The molecule has 1 rings (SSSR count). The summed E-state index contributed by atoms with van der Waals surface area (Å²) in [5.74, 6) is -1.56. The number of carbonyl (C=O) groups is 3. The molecule has 0 aromatic heterocycles. The molecule has 1 aliphatic rings. The summed E-state index contributed by atoms with van der Waals surface area (Å²) in [6, 6.07) is -2.03. The first-order valence-corrected chi connectivity index (χ1v) is 6.87. The lowest BCUT2D eigenvalue weighted by atomic mass is 9.82. The van der Waals surface area contributed by atoms with E-state index >= 15 is 0 Å². The summed E-state index contributed by atoms with van der Waals surface area (Å²) in [6.07, 6.45) is 3.83. The summed E-state index contributed by atoms with van der Waals surface area (Å²) in [5.41, 5.74) is 0. The molecule has 20 heavy (non-hydrogen) atoms. The van der Waals surface area contributed by atoms with Gasteiger partial charge in [-0.2, -0.15) is 0 Å². The Morgan fingerprint density at radius 3 is 2.50 bits per heavy atom. The molecule has 4 N–H and O–H groups in total. The Morgan fingerprint density at radius 2 is 1.95 bits per heavy atom. The van der Waals surface area contributed by atoms with E-state index in [2.05, 4.69) is 17.6 Å². The van der Waals surface area contributed by atoms with Crippen LogP contribution >= 0.6 is 0 Å². The van der Waals surface area contributed by atoms with E-state index in [1.807, 2.05) is 0 Å². The van der Waals surface area contributed by atoms with E-state index in [4.69, 9.17) is 10.2 Å². The summed E-state index contributed by atoms with van der Waals surface area (Å²) in [5, 5.41) is 22.2. The van der Waals surface area contributed by atoms with Crippen molar-refractivity contribution < 1.29 is 24.6 Å². The fraction of sp³-hybridized carbons (Fsp3) is 0.769. The Balaban J connectivity index is 2.34. The lowest BCUT2D eigenvalue weighted by Crippen LogP contribution is -2.48. The van der Waals surface area contributed by atoms with Crippen molar-refractivity contribution >= 4 is 18.0 Å². The molecule has 0 heterocycles. The van der Waals surface area contributed by atoms with E-state index in [9.17, 15) is 14.4 Å². The molecule has 7 nitrogen and oxygen atoms in total. The molecule has 0 bridgehead atoms. The molecular formula is C13H22N2O5. The lowest BCUT2D eigenvalue weighted by Gasteiger charge is -2.27. The van der Waals surface area contributed by atoms with Crippen LogP contribution in [0.4, 0.5) is 4.79 Å². The first-order chi connectivity index (χ1) is 9.38. The Morgan fingerprint density at radius 1 is 1.25 bits per heavy atom. The number of carboxylic acids is 2.